The van der Waals surface area contributed by atoms with Gasteiger partial charge in [-0.15, -0.1) is 0 Å². The number of nitriles is 1. The van der Waals surface area contributed by atoms with Gasteiger partial charge in [0.1, 0.15) is 5.75 Å². The van der Waals surface area contributed by atoms with Crippen LogP contribution in [-0.2, 0) is 11.2 Å². The Morgan fingerprint density at radius 3 is 2.48 bits per heavy atom. The molecule has 1 aliphatic heterocycles. The Balaban J connectivity index is 1.75. The van der Waals surface area contributed by atoms with Crippen LogP contribution < -0.4 is 4.74 Å². The Morgan fingerprint density at radius 1 is 1.26 bits per heavy atom. The average Bonchev–Trinajstić information content (AvgIpc) is 2.60. The number of nitrogens with zero attached hydrogens (tertiary/aromatic N) is 3. The standard InChI is InChI=1S/C18H25N3O2/c1-15(9-10-19)20-11-13-21(14-12-20)18(22)8-5-16-3-6-17(23-2)7-4-16/h3-4,6-7,15H,5,8-9,11-14H2,1-2H3. The van der Waals surface area contributed by atoms with Crippen LogP contribution in [0.25, 0.3) is 0 Å². The first kappa shape index (κ1) is 17.3. The van der Waals surface area contributed by atoms with Crippen LogP contribution >= 0.6 is 0 Å². The van der Waals surface area contributed by atoms with Gasteiger partial charge < -0.3 is 9.64 Å². The number of rotatable bonds is 6. The molecular weight excluding hydrogens is 290 g/mol. The topological polar surface area (TPSA) is 56.6 Å². The number of methoxy groups -OCH3 is 1. The van der Waals surface area contributed by atoms with Crippen molar-refractivity contribution >= 4 is 5.91 Å². The fourth-order valence-electron chi connectivity index (χ4n) is 2.87. The quantitative estimate of drug-likeness (QED) is 0.806. The van der Waals surface area contributed by atoms with E-state index in [-0.39, 0.29) is 11.9 Å². The molecule has 0 radical (unpaired) electrons. The van der Waals surface area contributed by atoms with Gasteiger partial charge in [-0.3, -0.25) is 9.69 Å². The number of carbonyl (C=O) groups excluding carboxylic acids is 1. The maximum absolute atomic E-state index is 12.3. The van der Waals surface area contributed by atoms with Crippen molar-refractivity contribution in [1.82, 2.24) is 9.80 Å². The van der Waals surface area contributed by atoms with E-state index in [4.69, 9.17) is 10.00 Å². The number of hydrogen-bond acceptors (Lipinski definition) is 4. The summed E-state index contributed by atoms with van der Waals surface area (Å²) in [6, 6.07) is 10.4. The summed E-state index contributed by atoms with van der Waals surface area (Å²) < 4.78 is 5.14. The van der Waals surface area contributed by atoms with Crippen LogP contribution in [0.5, 0.6) is 5.75 Å². The van der Waals surface area contributed by atoms with Crippen molar-refractivity contribution in [3.8, 4) is 11.8 Å². The third kappa shape index (κ3) is 4.97. The lowest BCUT2D eigenvalue weighted by Gasteiger charge is -2.37. The Labute approximate surface area is 138 Å². The molecule has 0 bridgehead atoms. The highest BCUT2D eigenvalue weighted by Crippen LogP contribution is 2.14. The summed E-state index contributed by atoms with van der Waals surface area (Å²) in [6.07, 6.45) is 1.85. The Morgan fingerprint density at radius 2 is 1.91 bits per heavy atom. The summed E-state index contributed by atoms with van der Waals surface area (Å²) in [4.78, 5) is 16.6. The molecule has 23 heavy (non-hydrogen) atoms. The minimum atomic E-state index is 0.216. The molecule has 2 rings (SSSR count). The van der Waals surface area contributed by atoms with Gasteiger partial charge in [0, 0.05) is 38.6 Å². The van der Waals surface area contributed by atoms with Crippen molar-refractivity contribution in [3.05, 3.63) is 29.8 Å². The first-order valence-electron chi connectivity index (χ1n) is 8.15. The second-order valence-corrected chi connectivity index (χ2v) is 5.98. The first-order valence-corrected chi connectivity index (χ1v) is 8.15. The van der Waals surface area contributed by atoms with Crippen LogP contribution in [0, 0.1) is 11.3 Å². The molecule has 1 saturated heterocycles. The number of aryl methyl sites for hydroxylation is 1. The van der Waals surface area contributed by atoms with E-state index >= 15 is 0 Å². The van der Waals surface area contributed by atoms with E-state index in [1.165, 1.54) is 0 Å². The monoisotopic (exact) mass is 315 g/mol. The maximum Gasteiger partial charge on any atom is 0.222 e. The smallest absolute Gasteiger partial charge is 0.222 e. The predicted molar refractivity (Wildman–Crippen MR) is 89.2 cm³/mol. The lowest BCUT2D eigenvalue weighted by atomic mass is 10.1. The third-order valence-electron chi connectivity index (χ3n) is 4.46. The zero-order chi connectivity index (χ0) is 16.7. The van der Waals surface area contributed by atoms with Crippen LogP contribution in [0.4, 0.5) is 0 Å². The molecule has 0 saturated carbocycles. The second-order valence-electron chi connectivity index (χ2n) is 5.98. The normalized spacial score (nSPS) is 16.7. The molecule has 1 aliphatic rings. The molecule has 124 valence electrons. The molecule has 0 N–H and O–H groups in total. The van der Waals surface area contributed by atoms with Gasteiger partial charge >= 0.3 is 0 Å². The predicted octanol–water partition coefficient (Wildman–Crippen LogP) is 2.07. The maximum atomic E-state index is 12.3. The molecule has 1 unspecified atom stereocenters. The highest BCUT2D eigenvalue weighted by molar-refractivity contribution is 5.76. The summed E-state index contributed by atoms with van der Waals surface area (Å²) in [5, 5.41) is 8.77. The van der Waals surface area contributed by atoms with Gasteiger partial charge in [-0.2, -0.15) is 5.26 Å². The number of hydrogen-bond donors (Lipinski definition) is 0. The van der Waals surface area contributed by atoms with Gasteiger partial charge in [0.15, 0.2) is 0 Å². The van der Waals surface area contributed by atoms with E-state index < -0.39 is 0 Å². The summed E-state index contributed by atoms with van der Waals surface area (Å²) in [5.41, 5.74) is 1.15. The Hall–Kier alpha value is -2.06. The third-order valence-corrected chi connectivity index (χ3v) is 4.46. The molecule has 1 aromatic rings. The second kappa shape index (κ2) is 8.54. The van der Waals surface area contributed by atoms with Crippen LogP contribution in [0.1, 0.15) is 25.3 Å². The van der Waals surface area contributed by atoms with Crippen LogP contribution in [0.15, 0.2) is 24.3 Å². The van der Waals surface area contributed by atoms with E-state index in [9.17, 15) is 4.79 Å². The Bertz CT molecular complexity index is 542. The summed E-state index contributed by atoms with van der Waals surface area (Å²) >= 11 is 0. The molecule has 5 nitrogen and oxygen atoms in total. The summed E-state index contributed by atoms with van der Waals surface area (Å²) in [6.45, 7) is 5.31. The van der Waals surface area contributed by atoms with Crippen LogP contribution in [-0.4, -0.2) is 55.0 Å². The number of amides is 1. The van der Waals surface area contributed by atoms with Gasteiger partial charge in [-0.25, -0.2) is 0 Å². The number of benzene rings is 1. The minimum Gasteiger partial charge on any atom is -0.497 e. The van der Waals surface area contributed by atoms with Gasteiger partial charge in [-0.05, 0) is 31.0 Å². The SMILES string of the molecule is COc1ccc(CCC(=O)N2CCN(C(C)CC#N)CC2)cc1. The van der Waals surface area contributed by atoms with E-state index in [2.05, 4.69) is 17.9 Å². The summed E-state index contributed by atoms with van der Waals surface area (Å²) in [7, 11) is 1.65. The molecule has 1 amide bonds. The highest BCUT2D eigenvalue weighted by atomic mass is 16.5. The van der Waals surface area contributed by atoms with E-state index in [0.29, 0.717) is 12.8 Å². The first-order chi connectivity index (χ1) is 11.1. The molecule has 0 aliphatic carbocycles. The van der Waals surface area contributed by atoms with Crippen molar-refractivity contribution in [2.75, 3.05) is 33.3 Å². The minimum absolute atomic E-state index is 0.216. The van der Waals surface area contributed by atoms with Crippen molar-refractivity contribution in [3.63, 3.8) is 0 Å². The zero-order valence-electron chi connectivity index (χ0n) is 14.0. The molecule has 5 heteroatoms. The largest absolute Gasteiger partial charge is 0.497 e. The lowest BCUT2D eigenvalue weighted by molar-refractivity contribution is -0.133. The summed E-state index contributed by atoms with van der Waals surface area (Å²) in [5.74, 6) is 1.05. The zero-order valence-corrected chi connectivity index (χ0v) is 14.0. The van der Waals surface area contributed by atoms with Gasteiger partial charge in [0.05, 0.1) is 19.6 Å². The Kier molecular flexibility index (Phi) is 6.42. The van der Waals surface area contributed by atoms with Crippen molar-refractivity contribution in [2.24, 2.45) is 0 Å². The van der Waals surface area contributed by atoms with Crippen LogP contribution in [0.3, 0.4) is 0 Å². The highest BCUT2D eigenvalue weighted by Gasteiger charge is 2.23. The molecule has 1 atom stereocenters. The fraction of sp³-hybridized carbons (Fsp3) is 0.556. The van der Waals surface area contributed by atoms with Crippen molar-refractivity contribution < 1.29 is 9.53 Å². The van der Waals surface area contributed by atoms with Gasteiger partial charge in [0.25, 0.3) is 0 Å². The van der Waals surface area contributed by atoms with Crippen molar-refractivity contribution in [2.45, 2.75) is 32.2 Å². The van der Waals surface area contributed by atoms with E-state index in [1.54, 1.807) is 7.11 Å². The lowest BCUT2D eigenvalue weighted by Crippen LogP contribution is -2.51. The number of ether oxygens (including phenoxy) is 1. The van der Waals surface area contributed by atoms with Crippen molar-refractivity contribution in [1.29, 1.82) is 5.26 Å². The fourth-order valence-corrected chi connectivity index (χ4v) is 2.87. The molecule has 1 fully saturated rings. The van der Waals surface area contributed by atoms with Gasteiger partial charge in [0.2, 0.25) is 5.91 Å². The number of piperazine rings is 1. The molecule has 1 heterocycles. The number of carbonyl (C=O) groups is 1. The molecular formula is C18H25N3O2. The average molecular weight is 315 g/mol. The molecule has 0 spiro atoms. The van der Waals surface area contributed by atoms with Gasteiger partial charge in [-0.1, -0.05) is 12.1 Å². The van der Waals surface area contributed by atoms with Crippen LogP contribution in [0.2, 0.25) is 0 Å². The molecule has 0 aromatic heterocycles. The molecule has 1 aromatic carbocycles. The van der Waals surface area contributed by atoms with E-state index in [0.717, 1.165) is 43.9 Å². The van der Waals surface area contributed by atoms with E-state index in [1.807, 2.05) is 29.2 Å².